The molecule has 1 aliphatic rings. The maximum Gasteiger partial charge on any atom is 0.407 e. The van der Waals surface area contributed by atoms with Crippen LogP contribution in [0.5, 0.6) is 5.88 Å². The lowest BCUT2D eigenvalue weighted by Crippen LogP contribution is -2.46. The summed E-state index contributed by atoms with van der Waals surface area (Å²) >= 11 is 5.93. The summed E-state index contributed by atoms with van der Waals surface area (Å²) in [7, 11) is 0. The van der Waals surface area contributed by atoms with E-state index < -0.39 is 41.9 Å². The molecule has 0 radical (unpaired) electrons. The molecule has 0 aromatic carbocycles. The molecule has 0 saturated heterocycles. The first-order valence-electron chi connectivity index (χ1n) is 12.3. The number of nitrogens with one attached hydrogen (secondary N) is 2. The van der Waals surface area contributed by atoms with Crippen molar-refractivity contribution in [2.24, 2.45) is 0 Å². The molecule has 2 N–H and O–H groups in total. The second kappa shape index (κ2) is 10.3. The molecule has 2 atom stereocenters. The van der Waals surface area contributed by atoms with E-state index in [1.165, 1.54) is 18.3 Å². The van der Waals surface area contributed by atoms with E-state index in [9.17, 15) is 22.8 Å². The molecule has 0 saturated carbocycles. The Labute approximate surface area is 233 Å². The number of anilines is 2. The second-order valence-corrected chi connectivity index (χ2v) is 11.2. The smallest absolute Gasteiger partial charge is 0.407 e. The Morgan fingerprint density at radius 2 is 1.93 bits per heavy atom. The number of rotatable bonds is 5. The van der Waals surface area contributed by atoms with Gasteiger partial charge in [0.15, 0.2) is 10.8 Å². The summed E-state index contributed by atoms with van der Waals surface area (Å²) in [6, 6.07) is 3.07. The minimum atomic E-state index is -4.71. The first-order valence-corrected chi connectivity index (χ1v) is 12.7. The van der Waals surface area contributed by atoms with Gasteiger partial charge < -0.3 is 20.1 Å². The van der Waals surface area contributed by atoms with E-state index in [2.05, 4.69) is 25.7 Å². The van der Waals surface area contributed by atoms with E-state index in [1.54, 1.807) is 40.7 Å². The minimum absolute atomic E-state index is 0.0243. The van der Waals surface area contributed by atoms with Gasteiger partial charge in [0.25, 0.3) is 0 Å². The van der Waals surface area contributed by atoms with E-state index in [-0.39, 0.29) is 40.4 Å². The molecular weight excluding hydrogens is 555 g/mol. The standard InChI is InChI=1S/C25H29ClF3N7O4/c1-13-7-15(8-19(31-13)39-11-14(2)32-22(38)40-23(3,4)5)33-21(37)35-12-24(6,25(27,28)29)20-16(35)10-30-18-9-17(26)34-36(18)20/h7-10,14H,11-12H2,1-6H3,(H,32,38)(H,31,33,37)/t14-,24+/m0/s1. The fourth-order valence-corrected chi connectivity index (χ4v) is 4.40. The van der Waals surface area contributed by atoms with E-state index in [4.69, 9.17) is 21.1 Å². The predicted octanol–water partition coefficient (Wildman–Crippen LogP) is 5.25. The maximum atomic E-state index is 14.3. The highest BCUT2D eigenvalue weighted by Crippen LogP contribution is 2.50. The van der Waals surface area contributed by atoms with Crippen LogP contribution >= 0.6 is 11.6 Å². The summed E-state index contributed by atoms with van der Waals surface area (Å²) in [4.78, 5) is 34.6. The van der Waals surface area contributed by atoms with Gasteiger partial charge in [-0.05, 0) is 47.6 Å². The van der Waals surface area contributed by atoms with Crippen molar-refractivity contribution in [1.82, 2.24) is 24.9 Å². The molecule has 0 bridgehead atoms. The number of carbonyl (C=O) groups is 2. The molecule has 40 heavy (non-hydrogen) atoms. The Balaban J connectivity index is 1.52. The first-order chi connectivity index (χ1) is 18.5. The summed E-state index contributed by atoms with van der Waals surface area (Å²) in [6.45, 7) is 8.96. The number of fused-ring (bicyclic) bond motifs is 3. The molecule has 0 fully saturated rings. The number of nitrogens with zero attached hydrogens (tertiary/aromatic N) is 5. The highest BCUT2D eigenvalue weighted by molar-refractivity contribution is 6.29. The van der Waals surface area contributed by atoms with Gasteiger partial charge in [-0.3, -0.25) is 4.90 Å². The van der Waals surface area contributed by atoms with Crippen LogP contribution in [0.2, 0.25) is 5.15 Å². The van der Waals surface area contributed by atoms with E-state index in [0.29, 0.717) is 5.69 Å². The molecule has 3 amide bonds. The van der Waals surface area contributed by atoms with Gasteiger partial charge in [0.2, 0.25) is 5.88 Å². The Bertz CT molecular complexity index is 1460. The van der Waals surface area contributed by atoms with Gasteiger partial charge in [-0.25, -0.2) is 24.1 Å². The van der Waals surface area contributed by atoms with Crippen LogP contribution < -0.4 is 20.3 Å². The zero-order chi connectivity index (χ0) is 29.6. The van der Waals surface area contributed by atoms with Crippen molar-refractivity contribution in [2.75, 3.05) is 23.4 Å². The third-order valence-corrected chi connectivity index (χ3v) is 6.20. The van der Waals surface area contributed by atoms with Crippen LogP contribution in [0.4, 0.5) is 34.1 Å². The molecule has 3 aromatic heterocycles. The highest BCUT2D eigenvalue weighted by atomic mass is 35.5. The number of urea groups is 1. The number of hydrogen-bond donors (Lipinski definition) is 2. The predicted molar refractivity (Wildman–Crippen MR) is 141 cm³/mol. The molecular formula is C25H29ClF3N7O4. The Kier molecular flexibility index (Phi) is 7.52. The molecule has 0 spiro atoms. The van der Waals surface area contributed by atoms with Gasteiger partial charge in [-0.2, -0.15) is 18.3 Å². The van der Waals surface area contributed by atoms with Crippen LogP contribution in [-0.2, 0) is 10.2 Å². The average molecular weight is 584 g/mol. The Hall–Kier alpha value is -3.81. The lowest BCUT2D eigenvalue weighted by atomic mass is 9.88. The van der Waals surface area contributed by atoms with Crippen molar-refractivity contribution in [3.63, 3.8) is 0 Å². The number of alkyl halides is 3. The highest BCUT2D eigenvalue weighted by Gasteiger charge is 2.60. The molecule has 216 valence electrons. The van der Waals surface area contributed by atoms with Crippen molar-refractivity contribution < 1.29 is 32.2 Å². The van der Waals surface area contributed by atoms with Crippen LogP contribution in [0, 0.1) is 6.92 Å². The van der Waals surface area contributed by atoms with Crippen LogP contribution in [0.25, 0.3) is 5.65 Å². The van der Waals surface area contributed by atoms with Gasteiger partial charge in [0, 0.05) is 30.1 Å². The number of ether oxygens (including phenoxy) is 2. The van der Waals surface area contributed by atoms with E-state index >= 15 is 0 Å². The summed E-state index contributed by atoms with van der Waals surface area (Å²) in [5.74, 6) is 0.143. The zero-order valence-corrected chi connectivity index (χ0v) is 23.4. The third-order valence-electron chi connectivity index (χ3n) is 6.02. The van der Waals surface area contributed by atoms with Gasteiger partial charge in [-0.1, -0.05) is 11.6 Å². The quantitative estimate of drug-likeness (QED) is 0.420. The number of carbonyl (C=O) groups excluding carboxylic acids is 2. The Morgan fingerprint density at radius 3 is 2.58 bits per heavy atom. The van der Waals surface area contributed by atoms with Crippen LogP contribution in [0.15, 0.2) is 24.4 Å². The van der Waals surface area contributed by atoms with Crippen LogP contribution in [0.3, 0.4) is 0 Å². The van der Waals surface area contributed by atoms with Crippen molar-refractivity contribution in [2.45, 2.75) is 64.8 Å². The number of pyridine rings is 1. The van der Waals surface area contributed by atoms with Crippen molar-refractivity contribution in [3.8, 4) is 5.88 Å². The van der Waals surface area contributed by atoms with E-state index in [1.807, 2.05) is 0 Å². The summed E-state index contributed by atoms with van der Waals surface area (Å²) in [5, 5.41) is 9.21. The normalized spacial score (nSPS) is 17.9. The number of amides is 3. The summed E-state index contributed by atoms with van der Waals surface area (Å²) in [6.07, 6.45) is -4.11. The fraction of sp³-hybridized carbons (Fsp3) is 0.480. The molecule has 0 unspecified atom stereocenters. The largest absolute Gasteiger partial charge is 0.475 e. The molecule has 3 aromatic rings. The summed E-state index contributed by atoms with van der Waals surface area (Å²) < 4.78 is 54.9. The average Bonchev–Trinajstić information content (AvgIpc) is 3.33. The second-order valence-electron chi connectivity index (χ2n) is 10.8. The number of aryl methyl sites for hydroxylation is 1. The monoisotopic (exact) mass is 583 g/mol. The maximum absolute atomic E-state index is 14.3. The number of aromatic nitrogens is 4. The molecule has 1 aliphatic heterocycles. The lowest BCUT2D eigenvalue weighted by molar-refractivity contribution is -0.181. The number of hydrogen-bond acceptors (Lipinski definition) is 7. The lowest BCUT2D eigenvalue weighted by Gasteiger charge is -2.28. The van der Waals surface area contributed by atoms with Gasteiger partial charge in [0.05, 0.1) is 23.6 Å². The summed E-state index contributed by atoms with van der Waals surface area (Å²) in [5.41, 5.74) is -2.52. The Morgan fingerprint density at radius 1 is 1.23 bits per heavy atom. The fourth-order valence-electron chi connectivity index (χ4n) is 4.23. The SMILES string of the molecule is Cc1cc(NC(=O)N2C[C@@](C)(C(F)(F)F)c3c2cnc2cc(Cl)nn32)cc(OC[C@H](C)NC(=O)OC(C)(C)C)n1. The van der Waals surface area contributed by atoms with Crippen LogP contribution in [-0.4, -0.2) is 62.7 Å². The third kappa shape index (κ3) is 6.01. The van der Waals surface area contributed by atoms with Crippen molar-refractivity contribution in [1.29, 1.82) is 0 Å². The molecule has 11 nitrogen and oxygen atoms in total. The van der Waals surface area contributed by atoms with Crippen molar-refractivity contribution >= 4 is 40.7 Å². The topological polar surface area (TPSA) is 123 Å². The molecule has 0 aliphatic carbocycles. The van der Waals surface area contributed by atoms with Gasteiger partial charge >= 0.3 is 18.3 Å². The van der Waals surface area contributed by atoms with Crippen molar-refractivity contribution in [3.05, 3.63) is 40.9 Å². The van der Waals surface area contributed by atoms with Crippen LogP contribution in [0.1, 0.15) is 46.0 Å². The number of alkyl carbamates (subject to hydrolysis) is 1. The van der Waals surface area contributed by atoms with Gasteiger partial charge in [-0.15, -0.1) is 0 Å². The van der Waals surface area contributed by atoms with Gasteiger partial charge in [0.1, 0.15) is 17.6 Å². The molecule has 4 rings (SSSR count). The minimum Gasteiger partial charge on any atom is -0.475 e. The first kappa shape index (κ1) is 29.2. The molecule has 15 heteroatoms. The zero-order valence-electron chi connectivity index (χ0n) is 22.7. The van der Waals surface area contributed by atoms with E-state index in [0.717, 1.165) is 16.3 Å². The molecule has 4 heterocycles. The number of halogens is 4.